The molecule has 118 valence electrons. The number of amides is 2. The summed E-state index contributed by atoms with van der Waals surface area (Å²) in [4.78, 5) is 36.2. The van der Waals surface area contributed by atoms with Gasteiger partial charge >= 0.3 is 0 Å². The second-order valence-corrected chi connectivity index (χ2v) is 6.56. The summed E-state index contributed by atoms with van der Waals surface area (Å²) >= 11 is 0. The zero-order chi connectivity index (χ0) is 16.3. The molecule has 1 atom stereocenters. The molecule has 1 aromatic carbocycles. The molecule has 0 saturated carbocycles. The van der Waals surface area contributed by atoms with Crippen molar-refractivity contribution in [3.63, 3.8) is 0 Å². The van der Waals surface area contributed by atoms with E-state index >= 15 is 0 Å². The molecule has 0 saturated heterocycles. The van der Waals surface area contributed by atoms with Crippen molar-refractivity contribution in [1.82, 2.24) is 4.90 Å². The van der Waals surface area contributed by atoms with Gasteiger partial charge in [0.05, 0.1) is 30.0 Å². The van der Waals surface area contributed by atoms with Crippen molar-refractivity contribution >= 4 is 28.2 Å². The summed E-state index contributed by atoms with van der Waals surface area (Å²) in [5.74, 6) is -1.01. The highest BCUT2D eigenvalue weighted by Crippen LogP contribution is 2.26. The summed E-state index contributed by atoms with van der Waals surface area (Å²) < 4.78 is 27.0. The van der Waals surface area contributed by atoms with Gasteiger partial charge in [0.2, 0.25) is 0 Å². The average Bonchev–Trinajstić information content (AvgIpc) is 2.72. The van der Waals surface area contributed by atoms with E-state index in [0.717, 1.165) is 11.2 Å². The van der Waals surface area contributed by atoms with Crippen LogP contribution in [0.15, 0.2) is 24.3 Å². The van der Waals surface area contributed by atoms with Crippen LogP contribution in [0.25, 0.3) is 0 Å². The van der Waals surface area contributed by atoms with E-state index in [1.165, 1.54) is 12.1 Å². The maximum Gasteiger partial charge on any atom is 0.264 e. The summed E-state index contributed by atoms with van der Waals surface area (Å²) in [6, 6.07) is 5.53. The summed E-state index contributed by atoms with van der Waals surface area (Å²) in [6.07, 6.45) is 1.76. The van der Waals surface area contributed by atoms with E-state index in [1.54, 1.807) is 12.1 Å². The van der Waals surface area contributed by atoms with Crippen LogP contribution < -0.4 is 0 Å². The number of hydrogen-bond acceptors (Lipinski definition) is 6. The molecule has 0 fully saturated rings. The number of rotatable bonds is 7. The number of aldehydes is 1. The second kappa shape index (κ2) is 6.37. The molecule has 0 bridgehead atoms. The zero-order valence-electron chi connectivity index (χ0n) is 11.9. The standard InChI is InChI=1S/C14H15NO6S/c1-22(19,20)21-9-10(5-4-8-16)15-13(17)11-6-2-3-7-12(11)14(15)18/h2-3,6-8,10H,4-5,9H2,1H3/t10-/m1/s1. The smallest absolute Gasteiger partial charge is 0.264 e. The molecule has 2 rings (SSSR count). The molecule has 1 aromatic rings. The van der Waals surface area contributed by atoms with Gasteiger partial charge in [-0.05, 0) is 18.6 Å². The van der Waals surface area contributed by atoms with E-state index in [0.29, 0.717) is 6.29 Å². The Hall–Kier alpha value is -2.06. The number of imide groups is 1. The number of carbonyl (C=O) groups excluding carboxylic acids is 3. The molecular weight excluding hydrogens is 310 g/mol. The highest BCUT2D eigenvalue weighted by Gasteiger charge is 2.39. The number of nitrogens with zero attached hydrogens (tertiary/aromatic N) is 1. The summed E-state index contributed by atoms with van der Waals surface area (Å²) in [6.45, 7) is -0.363. The maximum absolute atomic E-state index is 12.3. The lowest BCUT2D eigenvalue weighted by molar-refractivity contribution is -0.108. The first-order valence-corrected chi connectivity index (χ1v) is 8.41. The lowest BCUT2D eigenvalue weighted by atomic mass is 10.1. The normalized spacial score (nSPS) is 15.8. The fourth-order valence-corrected chi connectivity index (χ4v) is 2.69. The Balaban J connectivity index is 2.26. The van der Waals surface area contributed by atoms with Crippen molar-refractivity contribution in [2.75, 3.05) is 12.9 Å². The van der Waals surface area contributed by atoms with Crippen molar-refractivity contribution in [2.24, 2.45) is 0 Å². The minimum atomic E-state index is -3.71. The Bertz CT molecular complexity index is 677. The Labute approximate surface area is 128 Å². The van der Waals surface area contributed by atoms with E-state index < -0.39 is 28.0 Å². The Morgan fingerprint density at radius 1 is 1.18 bits per heavy atom. The molecule has 0 spiro atoms. The monoisotopic (exact) mass is 325 g/mol. The highest BCUT2D eigenvalue weighted by molar-refractivity contribution is 7.85. The minimum Gasteiger partial charge on any atom is -0.303 e. The molecule has 2 amide bonds. The van der Waals surface area contributed by atoms with Crippen LogP contribution in [-0.2, 0) is 19.1 Å². The first-order valence-electron chi connectivity index (χ1n) is 6.60. The van der Waals surface area contributed by atoms with E-state index in [-0.39, 0.29) is 30.6 Å². The molecule has 0 aliphatic carbocycles. The van der Waals surface area contributed by atoms with Crippen LogP contribution in [0.4, 0.5) is 0 Å². The van der Waals surface area contributed by atoms with Gasteiger partial charge in [0, 0.05) is 6.42 Å². The summed E-state index contributed by atoms with van der Waals surface area (Å²) in [7, 11) is -3.71. The molecule has 0 aromatic heterocycles. The molecule has 7 nitrogen and oxygen atoms in total. The lowest BCUT2D eigenvalue weighted by Gasteiger charge is -2.25. The predicted octanol–water partition coefficient (Wildman–Crippen LogP) is 0.606. The van der Waals surface area contributed by atoms with E-state index in [2.05, 4.69) is 0 Å². The van der Waals surface area contributed by atoms with Crippen LogP contribution in [-0.4, -0.2) is 50.3 Å². The van der Waals surface area contributed by atoms with Gasteiger partial charge in [-0.25, -0.2) is 0 Å². The van der Waals surface area contributed by atoms with Crippen LogP contribution >= 0.6 is 0 Å². The number of carbonyl (C=O) groups is 3. The topological polar surface area (TPSA) is 97.8 Å². The predicted molar refractivity (Wildman–Crippen MR) is 76.8 cm³/mol. The van der Waals surface area contributed by atoms with Gasteiger partial charge in [-0.15, -0.1) is 0 Å². The fourth-order valence-electron chi connectivity index (χ4n) is 2.29. The zero-order valence-corrected chi connectivity index (χ0v) is 12.7. The molecule has 1 aliphatic rings. The Morgan fingerprint density at radius 2 is 1.73 bits per heavy atom. The van der Waals surface area contributed by atoms with E-state index in [1.807, 2.05) is 0 Å². The largest absolute Gasteiger partial charge is 0.303 e. The number of fused-ring (bicyclic) bond motifs is 1. The van der Waals surface area contributed by atoms with Crippen LogP contribution in [0.1, 0.15) is 33.6 Å². The molecule has 22 heavy (non-hydrogen) atoms. The van der Waals surface area contributed by atoms with Crippen LogP contribution in [0.3, 0.4) is 0 Å². The minimum absolute atomic E-state index is 0.0885. The summed E-state index contributed by atoms with van der Waals surface area (Å²) in [5.41, 5.74) is 0.533. The highest BCUT2D eigenvalue weighted by atomic mass is 32.2. The van der Waals surface area contributed by atoms with Gasteiger partial charge in [0.1, 0.15) is 6.29 Å². The van der Waals surface area contributed by atoms with Crippen molar-refractivity contribution in [1.29, 1.82) is 0 Å². The molecule has 8 heteroatoms. The number of hydrogen-bond donors (Lipinski definition) is 0. The molecule has 1 aliphatic heterocycles. The fraction of sp³-hybridized carbons (Fsp3) is 0.357. The van der Waals surface area contributed by atoms with Gasteiger partial charge in [-0.1, -0.05) is 12.1 Å². The van der Waals surface area contributed by atoms with Crippen LogP contribution in [0.2, 0.25) is 0 Å². The quantitative estimate of drug-likeness (QED) is 0.414. The van der Waals surface area contributed by atoms with Crippen molar-refractivity contribution in [3.05, 3.63) is 35.4 Å². The van der Waals surface area contributed by atoms with E-state index in [4.69, 9.17) is 4.18 Å². The number of benzene rings is 1. The Morgan fingerprint density at radius 3 is 2.18 bits per heavy atom. The molecular formula is C14H15NO6S. The van der Waals surface area contributed by atoms with Gasteiger partial charge in [0.15, 0.2) is 0 Å². The third-order valence-electron chi connectivity index (χ3n) is 3.28. The molecule has 1 heterocycles. The third kappa shape index (κ3) is 3.40. The Kier molecular flexibility index (Phi) is 4.72. The first-order chi connectivity index (χ1) is 10.3. The third-order valence-corrected chi connectivity index (χ3v) is 3.85. The van der Waals surface area contributed by atoms with Crippen molar-refractivity contribution in [2.45, 2.75) is 18.9 Å². The van der Waals surface area contributed by atoms with Crippen LogP contribution in [0, 0.1) is 0 Å². The SMILES string of the molecule is CS(=O)(=O)OC[C@@H](CCC=O)N1C(=O)c2ccccc2C1=O. The van der Waals surface area contributed by atoms with E-state index in [9.17, 15) is 22.8 Å². The summed E-state index contributed by atoms with van der Waals surface area (Å²) in [5, 5.41) is 0. The van der Waals surface area contributed by atoms with Gasteiger partial charge in [0.25, 0.3) is 21.9 Å². The lowest BCUT2D eigenvalue weighted by Crippen LogP contribution is -2.43. The van der Waals surface area contributed by atoms with Crippen molar-refractivity contribution < 1.29 is 27.0 Å². The molecule has 0 radical (unpaired) electrons. The molecule has 0 N–H and O–H groups in total. The second-order valence-electron chi connectivity index (χ2n) is 4.91. The molecule has 0 unspecified atom stereocenters. The van der Waals surface area contributed by atoms with Gasteiger partial charge < -0.3 is 4.79 Å². The van der Waals surface area contributed by atoms with Crippen LogP contribution in [0.5, 0.6) is 0 Å². The van der Waals surface area contributed by atoms with Gasteiger partial charge in [-0.2, -0.15) is 8.42 Å². The average molecular weight is 325 g/mol. The van der Waals surface area contributed by atoms with Crippen molar-refractivity contribution in [3.8, 4) is 0 Å². The van der Waals surface area contributed by atoms with Gasteiger partial charge in [-0.3, -0.25) is 18.7 Å². The first kappa shape index (κ1) is 16.3. The maximum atomic E-state index is 12.3.